The molecule has 1 N–H and O–H groups in total. The van der Waals surface area contributed by atoms with E-state index in [1.54, 1.807) is 17.1 Å². The third-order valence-corrected chi connectivity index (χ3v) is 6.34. The molecule has 3 aromatic rings. The highest BCUT2D eigenvalue weighted by Crippen LogP contribution is 2.37. The zero-order valence-electron chi connectivity index (χ0n) is 17.2. The van der Waals surface area contributed by atoms with Crippen molar-refractivity contribution in [2.45, 2.75) is 19.3 Å². The second kappa shape index (κ2) is 9.81. The molecule has 2 aromatic heterocycles. The lowest BCUT2D eigenvalue weighted by Crippen LogP contribution is -2.44. The molecule has 31 heavy (non-hydrogen) atoms. The van der Waals surface area contributed by atoms with E-state index >= 15 is 0 Å². The van der Waals surface area contributed by atoms with Crippen LogP contribution in [-0.4, -0.2) is 51.8 Å². The van der Waals surface area contributed by atoms with E-state index in [1.807, 2.05) is 53.6 Å². The summed E-state index contributed by atoms with van der Waals surface area (Å²) in [7, 11) is 0. The molecule has 0 bridgehead atoms. The summed E-state index contributed by atoms with van der Waals surface area (Å²) in [5.74, 6) is 0.0619. The fourth-order valence-corrected chi connectivity index (χ4v) is 4.54. The van der Waals surface area contributed by atoms with Crippen molar-refractivity contribution in [2.75, 3.05) is 26.2 Å². The van der Waals surface area contributed by atoms with E-state index in [1.165, 1.54) is 6.42 Å². The molecule has 0 unspecified atom stereocenters. The Morgan fingerprint density at radius 3 is 2.42 bits per heavy atom. The summed E-state index contributed by atoms with van der Waals surface area (Å²) in [6.07, 6.45) is 8.73. The number of likely N-dealkylation sites (tertiary alicyclic amines) is 1. The van der Waals surface area contributed by atoms with E-state index in [2.05, 4.69) is 10.3 Å². The monoisotopic (exact) mass is 459 g/mol. The largest absolute Gasteiger partial charge is 0.338 e. The maximum atomic E-state index is 13.5. The Morgan fingerprint density at radius 2 is 1.77 bits per heavy atom. The van der Waals surface area contributed by atoms with Crippen molar-refractivity contribution in [3.63, 3.8) is 0 Å². The minimum absolute atomic E-state index is 0. The zero-order valence-corrected chi connectivity index (χ0v) is 18.9. The lowest BCUT2D eigenvalue weighted by atomic mass is 9.78. The molecule has 2 aliphatic heterocycles. The fraction of sp³-hybridized carbons (Fsp3) is 0.348. The quantitative estimate of drug-likeness (QED) is 0.642. The molecule has 0 aliphatic carbocycles. The first kappa shape index (κ1) is 23.3. The summed E-state index contributed by atoms with van der Waals surface area (Å²) >= 11 is 0. The first-order chi connectivity index (χ1) is 14.2. The van der Waals surface area contributed by atoms with Gasteiger partial charge in [-0.3, -0.25) is 9.78 Å². The maximum absolute atomic E-state index is 13.5. The first-order valence-electron chi connectivity index (χ1n) is 10.3. The van der Waals surface area contributed by atoms with Crippen LogP contribution in [0.15, 0.2) is 61.1 Å². The Labute approximate surface area is 194 Å². The summed E-state index contributed by atoms with van der Waals surface area (Å²) in [6, 6.07) is 13.7. The van der Waals surface area contributed by atoms with Gasteiger partial charge in [0.15, 0.2) is 0 Å². The molecule has 0 saturated carbocycles. The molecule has 1 amide bonds. The van der Waals surface area contributed by atoms with Gasteiger partial charge >= 0.3 is 0 Å². The number of nitrogens with zero attached hydrogens (tertiary/aromatic N) is 4. The van der Waals surface area contributed by atoms with E-state index in [-0.39, 0.29) is 30.7 Å². The van der Waals surface area contributed by atoms with Crippen LogP contribution >= 0.6 is 24.8 Å². The third kappa shape index (κ3) is 4.61. The normalized spacial score (nSPS) is 17.1. The molecule has 164 valence electrons. The van der Waals surface area contributed by atoms with Crippen LogP contribution in [0.3, 0.4) is 0 Å². The number of amides is 1. The topological polar surface area (TPSA) is 63.1 Å². The van der Waals surface area contributed by atoms with Gasteiger partial charge < -0.3 is 10.2 Å². The molecule has 0 radical (unpaired) electrons. The Kier molecular flexibility index (Phi) is 7.36. The molecule has 2 fully saturated rings. The average molecular weight is 460 g/mol. The Balaban J connectivity index is 0.00000136. The van der Waals surface area contributed by atoms with Crippen molar-refractivity contribution in [1.29, 1.82) is 0 Å². The Bertz CT molecular complexity index is 993. The first-order valence-corrected chi connectivity index (χ1v) is 10.3. The van der Waals surface area contributed by atoms with Gasteiger partial charge in [-0.05, 0) is 55.5 Å². The maximum Gasteiger partial charge on any atom is 0.257 e. The second-order valence-electron chi connectivity index (χ2n) is 8.13. The van der Waals surface area contributed by atoms with Gasteiger partial charge in [0.1, 0.15) is 5.69 Å². The van der Waals surface area contributed by atoms with Gasteiger partial charge in [0.2, 0.25) is 0 Å². The molecule has 2 aliphatic rings. The van der Waals surface area contributed by atoms with Crippen molar-refractivity contribution in [3.05, 3.63) is 66.6 Å². The van der Waals surface area contributed by atoms with Crippen LogP contribution < -0.4 is 5.32 Å². The number of carbonyl (C=O) groups excluding carboxylic acids is 1. The fourth-order valence-electron chi connectivity index (χ4n) is 4.54. The number of hydrogen-bond donors (Lipinski definition) is 1. The van der Waals surface area contributed by atoms with Gasteiger partial charge in [0.25, 0.3) is 5.91 Å². The third-order valence-electron chi connectivity index (χ3n) is 6.34. The Morgan fingerprint density at radius 1 is 1.00 bits per heavy atom. The van der Waals surface area contributed by atoms with Crippen LogP contribution in [0.1, 0.15) is 29.6 Å². The van der Waals surface area contributed by atoms with Gasteiger partial charge in [-0.1, -0.05) is 18.2 Å². The van der Waals surface area contributed by atoms with Gasteiger partial charge in [-0.25, -0.2) is 4.68 Å². The lowest BCUT2D eigenvalue weighted by Gasteiger charge is -2.38. The zero-order chi connectivity index (χ0) is 19.7. The molecule has 6 nitrogen and oxygen atoms in total. The molecule has 8 heteroatoms. The van der Waals surface area contributed by atoms with Gasteiger partial charge in [0.05, 0.1) is 11.3 Å². The summed E-state index contributed by atoms with van der Waals surface area (Å²) < 4.78 is 1.79. The number of nitrogens with one attached hydrogen (secondary N) is 1. The van der Waals surface area contributed by atoms with Crippen LogP contribution in [0.25, 0.3) is 16.9 Å². The number of benzene rings is 1. The lowest BCUT2D eigenvalue weighted by molar-refractivity contribution is 0.0608. The molecule has 1 aromatic carbocycles. The molecule has 0 atom stereocenters. The molecule has 4 heterocycles. The van der Waals surface area contributed by atoms with Crippen molar-refractivity contribution < 1.29 is 4.79 Å². The highest BCUT2D eigenvalue weighted by molar-refractivity contribution is 6.00. The summed E-state index contributed by atoms with van der Waals surface area (Å²) in [6.45, 7) is 3.80. The van der Waals surface area contributed by atoms with E-state index < -0.39 is 0 Å². The van der Waals surface area contributed by atoms with Gasteiger partial charge in [-0.15, -0.1) is 24.8 Å². The highest BCUT2D eigenvalue weighted by Gasteiger charge is 2.38. The number of carbonyl (C=O) groups is 1. The van der Waals surface area contributed by atoms with Crippen LogP contribution in [0.4, 0.5) is 0 Å². The number of pyridine rings is 1. The highest BCUT2D eigenvalue weighted by atomic mass is 35.5. The molecule has 2 saturated heterocycles. The number of para-hydroxylation sites is 1. The molecule has 5 rings (SSSR count). The number of halogens is 2. The van der Waals surface area contributed by atoms with Crippen molar-refractivity contribution in [3.8, 4) is 16.9 Å². The van der Waals surface area contributed by atoms with Crippen molar-refractivity contribution in [2.24, 2.45) is 5.41 Å². The molecular weight excluding hydrogens is 433 g/mol. The predicted octanol–water partition coefficient (Wildman–Crippen LogP) is 3.99. The number of aromatic nitrogens is 3. The Hall–Kier alpha value is -2.41. The second-order valence-corrected chi connectivity index (χ2v) is 8.13. The SMILES string of the molecule is Cl.Cl.O=C(c1cn(-c2ccccc2)nc1-c1cccnc1)N1CCC2(CCNC2)CC1. The summed E-state index contributed by atoms with van der Waals surface area (Å²) in [4.78, 5) is 19.7. The van der Waals surface area contributed by atoms with Crippen LogP contribution in [-0.2, 0) is 0 Å². The number of hydrogen-bond acceptors (Lipinski definition) is 4. The number of piperidine rings is 1. The van der Waals surface area contributed by atoms with Gasteiger partial charge in [-0.2, -0.15) is 5.10 Å². The van der Waals surface area contributed by atoms with Crippen molar-refractivity contribution >= 4 is 30.7 Å². The summed E-state index contributed by atoms with van der Waals surface area (Å²) in [5.41, 5.74) is 3.51. The minimum atomic E-state index is 0. The van der Waals surface area contributed by atoms with Crippen LogP contribution in [0.5, 0.6) is 0 Å². The summed E-state index contributed by atoms with van der Waals surface area (Å²) in [5, 5.41) is 8.24. The van der Waals surface area contributed by atoms with E-state index in [0.717, 1.165) is 50.3 Å². The minimum Gasteiger partial charge on any atom is -0.338 e. The standard InChI is InChI=1S/C23H25N5O.2ClH/c29-22(27-13-9-23(10-14-27)8-12-25-17-23)20-16-28(19-6-2-1-3-7-19)26-21(20)18-5-4-11-24-15-18;;/h1-7,11,15-16,25H,8-10,12-14,17H2;2*1H. The smallest absolute Gasteiger partial charge is 0.257 e. The van der Waals surface area contributed by atoms with Crippen molar-refractivity contribution in [1.82, 2.24) is 25.0 Å². The van der Waals surface area contributed by atoms with Crippen LogP contribution in [0, 0.1) is 5.41 Å². The predicted molar refractivity (Wildman–Crippen MR) is 126 cm³/mol. The van der Waals surface area contributed by atoms with E-state index in [4.69, 9.17) is 5.10 Å². The van der Waals surface area contributed by atoms with E-state index in [0.29, 0.717) is 16.7 Å². The average Bonchev–Trinajstić information content (AvgIpc) is 3.43. The molecule has 1 spiro atoms. The van der Waals surface area contributed by atoms with E-state index in [9.17, 15) is 4.79 Å². The van der Waals surface area contributed by atoms with Crippen LogP contribution in [0.2, 0.25) is 0 Å². The molecular formula is C23H27Cl2N5O. The number of rotatable bonds is 3. The van der Waals surface area contributed by atoms with Gasteiger partial charge in [0, 0.05) is 43.8 Å².